The monoisotopic (exact) mass is 206 g/mol. The molecule has 0 aliphatic rings. The molecule has 1 aromatic rings. The molecule has 1 heteroatoms. The Hall–Kier alpha value is -0.820. The van der Waals surface area contributed by atoms with Gasteiger partial charge in [-0.3, -0.25) is 0 Å². The summed E-state index contributed by atoms with van der Waals surface area (Å²) in [5.41, 5.74) is 2.87. The van der Waals surface area contributed by atoms with Crippen LogP contribution < -0.4 is 0 Å². The second-order valence-electron chi connectivity index (χ2n) is 4.20. The van der Waals surface area contributed by atoms with E-state index in [9.17, 15) is 0 Å². The van der Waals surface area contributed by atoms with Crippen LogP contribution in [-0.2, 0) is 11.2 Å². The van der Waals surface area contributed by atoms with Crippen molar-refractivity contribution < 1.29 is 4.74 Å². The van der Waals surface area contributed by atoms with E-state index in [1.165, 1.54) is 11.1 Å². The number of rotatable bonds is 6. The third-order valence-electron chi connectivity index (χ3n) is 2.58. The van der Waals surface area contributed by atoms with Gasteiger partial charge in [-0.15, -0.1) is 0 Å². The lowest BCUT2D eigenvalue weighted by Crippen LogP contribution is -1.97. The average Bonchev–Trinajstić information content (AvgIpc) is 2.25. The molecular weight excluding hydrogens is 184 g/mol. The molecule has 15 heavy (non-hydrogen) atoms. The second kappa shape index (κ2) is 6.62. The maximum Gasteiger partial charge on any atom is 0.0469 e. The van der Waals surface area contributed by atoms with Crippen molar-refractivity contribution in [3.8, 4) is 0 Å². The van der Waals surface area contributed by atoms with Crippen LogP contribution in [0.25, 0.3) is 0 Å². The predicted octanol–water partition coefficient (Wildman–Crippen LogP) is 3.78. The van der Waals surface area contributed by atoms with Crippen LogP contribution >= 0.6 is 0 Å². The Kier molecular flexibility index (Phi) is 5.41. The van der Waals surface area contributed by atoms with Gasteiger partial charge < -0.3 is 4.74 Å². The third kappa shape index (κ3) is 4.48. The van der Waals surface area contributed by atoms with E-state index in [1.54, 1.807) is 0 Å². The molecule has 1 rings (SSSR count). The highest BCUT2D eigenvalue weighted by molar-refractivity contribution is 5.25. The molecule has 0 radical (unpaired) electrons. The van der Waals surface area contributed by atoms with Gasteiger partial charge in [-0.25, -0.2) is 0 Å². The number of hydrogen-bond acceptors (Lipinski definition) is 1. The normalized spacial score (nSPS) is 10.9. The molecule has 0 heterocycles. The van der Waals surface area contributed by atoms with Gasteiger partial charge >= 0.3 is 0 Å². The summed E-state index contributed by atoms with van der Waals surface area (Å²) in [6.07, 6.45) is 2.25. The van der Waals surface area contributed by atoms with E-state index in [1.807, 2.05) is 6.92 Å². The average molecular weight is 206 g/mol. The number of aryl methyl sites for hydroxylation is 1. The van der Waals surface area contributed by atoms with E-state index in [0.717, 1.165) is 26.1 Å². The van der Waals surface area contributed by atoms with Crippen LogP contribution in [0.15, 0.2) is 24.3 Å². The number of ether oxygens (including phenoxy) is 1. The van der Waals surface area contributed by atoms with Crippen LogP contribution in [0.3, 0.4) is 0 Å². The molecular formula is C14H22O. The Labute approximate surface area is 93.5 Å². The van der Waals surface area contributed by atoms with Gasteiger partial charge in [-0.05, 0) is 36.8 Å². The van der Waals surface area contributed by atoms with Gasteiger partial charge in [0.05, 0.1) is 0 Å². The first-order valence-corrected chi connectivity index (χ1v) is 5.90. The smallest absolute Gasteiger partial charge is 0.0469 e. The topological polar surface area (TPSA) is 9.23 Å². The summed E-state index contributed by atoms with van der Waals surface area (Å²) in [5.74, 6) is 0.622. The molecule has 0 aromatic heterocycles. The van der Waals surface area contributed by atoms with E-state index >= 15 is 0 Å². The lowest BCUT2D eigenvalue weighted by molar-refractivity contribution is 0.145. The van der Waals surface area contributed by atoms with Crippen molar-refractivity contribution in [1.29, 1.82) is 0 Å². The first-order chi connectivity index (χ1) is 7.24. The third-order valence-corrected chi connectivity index (χ3v) is 2.58. The lowest BCUT2D eigenvalue weighted by Gasteiger charge is -2.08. The van der Waals surface area contributed by atoms with E-state index in [2.05, 4.69) is 38.1 Å². The summed E-state index contributed by atoms with van der Waals surface area (Å²) in [6.45, 7) is 8.21. The van der Waals surface area contributed by atoms with E-state index in [4.69, 9.17) is 4.74 Å². The van der Waals surface area contributed by atoms with Crippen LogP contribution in [0, 0.1) is 0 Å². The van der Waals surface area contributed by atoms with E-state index in [-0.39, 0.29) is 0 Å². The lowest BCUT2D eigenvalue weighted by atomic mass is 9.99. The zero-order valence-electron chi connectivity index (χ0n) is 10.1. The minimum atomic E-state index is 0.622. The fourth-order valence-electron chi connectivity index (χ4n) is 1.63. The zero-order valence-corrected chi connectivity index (χ0v) is 10.1. The highest BCUT2D eigenvalue weighted by Gasteiger charge is 2.00. The quantitative estimate of drug-likeness (QED) is 0.644. The molecule has 0 spiro atoms. The zero-order chi connectivity index (χ0) is 11.1. The SMILES string of the molecule is CCOCCCc1cccc(C(C)C)c1. The first-order valence-electron chi connectivity index (χ1n) is 5.90. The summed E-state index contributed by atoms with van der Waals surface area (Å²) >= 11 is 0. The molecule has 1 aromatic carbocycles. The number of benzene rings is 1. The second-order valence-corrected chi connectivity index (χ2v) is 4.20. The van der Waals surface area contributed by atoms with Gasteiger partial charge in [0.2, 0.25) is 0 Å². The maximum atomic E-state index is 5.33. The molecule has 0 saturated heterocycles. The Morgan fingerprint density at radius 2 is 2.07 bits per heavy atom. The minimum absolute atomic E-state index is 0.622. The molecule has 0 N–H and O–H groups in total. The molecule has 0 saturated carbocycles. The van der Waals surface area contributed by atoms with Gasteiger partial charge in [0, 0.05) is 13.2 Å². The largest absolute Gasteiger partial charge is 0.382 e. The predicted molar refractivity (Wildman–Crippen MR) is 65.3 cm³/mol. The molecule has 1 nitrogen and oxygen atoms in total. The van der Waals surface area contributed by atoms with Gasteiger partial charge in [0.25, 0.3) is 0 Å². The first kappa shape index (κ1) is 12.3. The standard InChI is InChI=1S/C14H22O/c1-4-15-10-6-8-13-7-5-9-14(11-13)12(2)3/h5,7,9,11-12H,4,6,8,10H2,1-3H3. The summed E-state index contributed by atoms with van der Waals surface area (Å²) in [6, 6.07) is 8.89. The highest BCUT2D eigenvalue weighted by atomic mass is 16.5. The van der Waals surface area contributed by atoms with Crippen LogP contribution in [0.4, 0.5) is 0 Å². The molecule has 84 valence electrons. The Bertz CT molecular complexity index is 278. The van der Waals surface area contributed by atoms with Crippen molar-refractivity contribution in [3.05, 3.63) is 35.4 Å². The van der Waals surface area contributed by atoms with Crippen LogP contribution in [0.2, 0.25) is 0 Å². The highest BCUT2D eigenvalue weighted by Crippen LogP contribution is 2.16. The van der Waals surface area contributed by atoms with Crippen LogP contribution in [0.5, 0.6) is 0 Å². The Morgan fingerprint density at radius 3 is 2.73 bits per heavy atom. The molecule has 0 bridgehead atoms. The van der Waals surface area contributed by atoms with Crippen molar-refractivity contribution in [2.45, 2.75) is 39.5 Å². The maximum absolute atomic E-state index is 5.33. The van der Waals surface area contributed by atoms with Gasteiger partial charge in [0.1, 0.15) is 0 Å². The minimum Gasteiger partial charge on any atom is -0.382 e. The number of hydrogen-bond donors (Lipinski definition) is 0. The summed E-state index contributed by atoms with van der Waals surface area (Å²) < 4.78 is 5.33. The summed E-state index contributed by atoms with van der Waals surface area (Å²) in [4.78, 5) is 0. The fourth-order valence-corrected chi connectivity index (χ4v) is 1.63. The van der Waals surface area contributed by atoms with E-state index in [0.29, 0.717) is 5.92 Å². The van der Waals surface area contributed by atoms with Crippen molar-refractivity contribution in [3.63, 3.8) is 0 Å². The van der Waals surface area contributed by atoms with Crippen LogP contribution in [0.1, 0.15) is 44.2 Å². The van der Waals surface area contributed by atoms with Gasteiger partial charge in [0.15, 0.2) is 0 Å². The van der Waals surface area contributed by atoms with Crippen molar-refractivity contribution >= 4 is 0 Å². The Morgan fingerprint density at radius 1 is 1.27 bits per heavy atom. The summed E-state index contributed by atoms with van der Waals surface area (Å²) in [7, 11) is 0. The molecule has 0 atom stereocenters. The van der Waals surface area contributed by atoms with Gasteiger partial charge in [-0.2, -0.15) is 0 Å². The van der Waals surface area contributed by atoms with Gasteiger partial charge in [-0.1, -0.05) is 38.1 Å². The van der Waals surface area contributed by atoms with Crippen LogP contribution in [-0.4, -0.2) is 13.2 Å². The molecule has 0 unspecified atom stereocenters. The van der Waals surface area contributed by atoms with Crippen molar-refractivity contribution in [1.82, 2.24) is 0 Å². The molecule has 0 amide bonds. The van der Waals surface area contributed by atoms with Crippen molar-refractivity contribution in [2.24, 2.45) is 0 Å². The molecule has 0 aliphatic heterocycles. The fraction of sp³-hybridized carbons (Fsp3) is 0.571. The molecule has 0 fully saturated rings. The van der Waals surface area contributed by atoms with E-state index < -0.39 is 0 Å². The summed E-state index contributed by atoms with van der Waals surface area (Å²) in [5, 5.41) is 0. The Balaban J connectivity index is 2.43. The molecule has 0 aliphatic carbocycles. The van der Waals surface area contributed by atoms with Crippen molar-refractivity contribution in [2.75, 3.05) is 13.2 Å².